The van der Waals surface area contributed by atoms with Crippen LogP contribution in [0.4, 0.5) is 9.59 Å². The number of hydrogen-bond acceptors (Lipinski definition) is 8. The maximum Gasteiger partial charge on any atom is 0.407 e. The van der Waals surface area contributed by atoms with Crippen molar-refractivity contribution < 1.29 is 33.4 Å². The third-order valence-corrected chi connectivity index (χ3v) is 7.12. The molecule has 2 aromatic carbocycles. The third-order valence-electron chi connectivity index (χ3n) is 7.12. The van der Waals surface area contributed by atoms with Crippen molar-refractivity contribution in [2.24, 2.45) is 0 Å². The highest BCUT2D eigenvalue weighted by Crippen LogP contribution is 2.22. The van der Waals surface area contributed by atoms with Crippen molar-refractivity contribution in [3.05, 3.63) is 71.3 Å². The van der Waals surface area contributed by atoms with Gasteiger partial charge in [0.1, 0.15) is 12.2 Å². The molecule has 0 saturated heterocycles. The molecule has 46 heavy (non-hydrogen) atoms. The molecule has 0 fully saturated rings. The van der Waals surface area contributed by atoms with E-state index in [1.54, 1.807) is 45.0 Å². The van der Waals surface area contributed by atoms with E-state index in [1.165, 1.54) is 4.90 Å². The van der Waals surface area contributed by atoms with Gasteiger partial charge in [0.15, 0.2) is 0 Å². The van der Waals surface area contributed by atoms with E-state index in [2.05, 4.69) is 21.3 Å². The van der Waals surface area contributed by atoms with Crippen molar-refractivity contribution in [1.29, 1.82) is 0 Å². The summed E-state index contributed by atoms with van der Waals surface area (Å²) in [5.41, 5.74) is 1.19. The maximum absolute atomic E-state index is 13.0. The Bertz CT molecular complexity index is 1280. The average molecular weight is 638 g/mol. The van der Waals surface area contributed by atoms with Gasteiger partial charge in [-0.05, 0) is 83.5 Å². The molecule has 0 saturated carbocycles. The zero-order valence-corrected chi connectivity index (χ0v) is 27.1. The summed E-state index contributed by atoms with van der Waals surface area (Å²) in [5.74, 6) is -0.681. The van der Waals surface area contributed by atoms with Gasteiger partial charge in [-0.1, -0.05) is 42.5 Å². The summed E-state index contributed by atoms with van der Waals surface area (Å²) in [6.45, 7) is 7.56. The number of ether oxygens (including phenoxy) is 2. The molecule has 3 rings (SSSR count). The van der Waals surface area contributed by atoms with Crippen LogP contribution in [0.1, 0.15) is 85.6 Å². The largest absolute Gasteiger partial charge is 0.445 e. The van der Waals surface area contributed by atoms with Crippen LogP contribution in [0.3, 0.4) is 0 Å². The van der Waals surface area contributed by atoms with E-state index in [4.69, 9.17) is 9.47 Å². The Balaban J connectivity index is 1.35. The number of nitrogens with one attached hydrogen (secondary N) is 4. The highest BCUT2D eigenvalue weighted by molar-refractivity contribution is 6.21. The number of amides is 5. The molecule has 1 aliphatic heterocycles. The molecule has 2 aromatic rings. The van der Waals surface area contributed by atoms with Crippen LogP contribution < -0.4 is 21.3 Å². The van der Waals surface area contributed by atoms with E-state index in [1.807, 2.05) is 30.3 Å². The van der Waals surface area contributed by atoms with Crippen LogP contribution in [0.15, 0.2) is 54.6 Å². The molecule has 0 spiro atoms. The van der Waals surface area contributed by atoms with Gasteiger partial charge in [-0.25, -0.2) is 9.59 Å². The Kier molecular flexibility index (Phi) is 14.5. The van der Waals surface area contributed by atoms with Gasteiger partial charge in [-0.3, -0.25) is 19.3 Å². The first kappa shape index (κ1) is 36.0. The predicted octanol–water partition coefficient (Wildman–Crippen LogP) is 4.15. The van der Waals surface area contributed by atoms with E-state index in [9.17, 15) is 24.0 Å². The lowest BCUT2D eigenvalue weighted by atomic mass is 10.1. The first-order valence-corrected chi connectivity index (χ1v) is 15.9. The fraction of sp³-hybridized carbons (Fsp3) is 0.500. The molecule has 1 heterocycles. The lowest BCUT2D eigenvalue weighted by Gasteiger charge is -2.21. The van der Waals surface area contributed by atoms with E-state index >= 15 is 0 Å². The van der Waals surface area contributed by atoms with Gasteiger partial charge >= 0.3 is 12.2 Å². The molecule has 1 aliphatic rings. The number of rotatable bonds is 18. The molecule has 0 aromatic heterocycles. The summed E-state index contributed by atoms with van der Waals surface area (Å²) in [5, 5.41) is 11.6. The summed E-state index contributed by atoms with van der Waals surface area (Å²) in [4.78, 5) is 63.3. The van der Waals surface area contributed by atoms with Gasteiger partial charge in [-0.15, -0.1) is 0 Å². The van der Waals surface area contributed by atoms with Gasteiger partial charge in [-0.2, -0.15) is 0 Å². The van der Waals surface area contributed by atoms with Crippen molar-refractivity contribution in [3.8, 4) is 0 Å². The molecule has 5 amide bonds. The van der Waals surface area contributed by atoms with Gasteiger partial charge in [0.2, 0.25) is 5.91 Å². The first-order valence-electron chi connectivity index (χ1n) is 15.9. The second-order valence-corrected chi connectivity index (χ2v) is 12.1. The molecular formula is C34H47N5O7. The molecule has 1 unspecified atom stereocenters. The highest BCUT2D eigenvalue weighted by Gasteiger charge is 2.34. The number of hydrogen-bond donors (Lipinski definition) is 4. The Morgan fingerprint density at radius 1 is 0.717 bits per heavy atom. The molecule has 12 heteroatoms. The molecule has 0 bridgehead atoms. The smallest absolute Gasteiger partial charge is 0.407 e. The Morgan fingerprint density at radius 2 is 1.33 bits per heavy atom. The number of imide groups is 1. The number of fused-ring (bicyclic) bond motifs is 1. The Labute approximate surface area is 271 Å². The van der Waals surface area contributed by atoms with Crippen LogP contribution in [0.2, 0.25) is 0 Å². The highest BCUT2D eigenvalue weighted by atomic mass is 16.6. The zero-order chi connectivity index (χ0) is 33.4. The number of nitrogens with zero attached hydrogens (tertiary/aromatic N) is 1. The van der Waals surface area contributed by atoms with Crippen LogP contribution in [-0.2, 0) is 20.9 Å². The monoisotopic (exact) mass is 637 g/mol. The van der Waals surface area contributed by atoms with Gasteiger partial charge in [0.05, 0.1) is 17.2 Å². The van der Waals surface area contributed by atoms with Crippen LogP contribution in [0, 0.1) is 0 Å². The van der Waals surface area contributed by atoms with Gasteiger partial charge in [0.25, 0.3) is 11.8 Å². The van der Waals surface area contributed by atoms with Crippen LogP contribution in [0.5, 0.6) is 0 Å². The van der Waals surface area contributed by atoms with Crippen LogP contribution >= 0.6 is 0 Å². The number of unbranched alkanes of at least 4 members (excludes halogenated alkanes) is 2. The standard InChI is InChI=1S/C34H47N5O7/c1-34(2,3)46-33(44)38-20-12-18-28(35-21-13-22-37-32(43)45-24-25-14-6-4-7-15-25)29(40)36-19-10-5-11-23-39-30(41)26-16-8-9-17-27(26)31(39)42/h4,6-9,14-17,28,35H,5,10-13,18-24H2,1-3H3,(H,36,40)(H,37,43)(H,38,44). The second kappa shape index (κ2) is 18.5. The lowest BCUT2D eigenvalue weighted by Crippen LogP contribution is -2.45. The summed E-state index contributed by atoms with van der Waals surface area (Å²) < 4.78 is 10.5. The van der Waals surface area contributed by atoms with Crippen molar-refractivity contribution in [2.75, 3.05) is 32.7 Å². The number of alkyl carbamates (subject to hydrolysis) is 2. The van der Waals surface area contributed by atoms with Crippen LogP contribution in [-0.4, -0.2) is 79.2 Å². The Morgan fingerprint density at radius 3 is 2.00 bits per heavy atom. The SMILES string of the molecule is CC(C)(C)OC(=O)NCCCC(NCCCNC(=O)OCc1ccccc1)C(=O)NCCCCCN1C(=O)c2ccccc2C1=O. The van der Waals surface area contributed by atoms with Gasteiger partial charge < -0.3 is 30.7 Å². The summed E-state index contributed by atoms with van der Waals surface area (Å²) in [7, 11) is 0. The minimum Gasteiger partial charge on any atom is -0.445 e. The van der Waals surface area contributed by atoms with Crippen molar-refractivity contribution >= 4 is 29.9 Å². The van der Waals surface area contributed by atoms with E-state index in [-0.39, 0.29) is 24.3 Å². The maximum atomic E-state index is 13.0. The minimum absolute atomic E-state index is 0.159. The lowest BCUT2D eigenvalue weighted by molar-refractivity contribution is -0.123. The number of carbonyl (C=O) groups excluding carboxylic acids is 5. The molecule has 1 atom stereocenters. The Hall–Kier alpha value is -4.45. The average Bonchev–Trinajstić information content (AvgIpc) is 3.26. The van der Waals surface area contributed by atoms with Gasteiger partial charge in [0, 0.05) is 26.2 Å². The fourth-order valence-corrected chi connectivity index (χ4v) is 4.81. The molecule has 250 valence electrons. The molecule has 0 radical (unpaired) electrons. The zero-order valence-electron chi connectivity index (χ0n) is 27.1. The minimum atomic E-state index is -0.597. The molecule has 4 N–H and O–H groups in total. The number of benzene rings is 2. The topological polar surface area (TPSA) is 155 Å². The quantitative estimate of drug-likeness (QED) is 0.140. The molecule has 0 aliphatic carbocycles. The van der Waals surface area contributed by atoms with E-state index in [0.717, 1.165) is 12.0 Å². The van der Waals surface area contributed by atoms with E-state index < -0.39 is 23.8 Å². The molecular weight excluding hydrogens is 590 g/mol. The third kappa shape index (κ3) is 12.5. The summed E-state index contributed by atoms with van der Waals surface area (Å²) >= 11 is 0. The normalized spacial score (nSPS) is 13.2. The van der Waals surface area contributed by atoms with Crippen molar-refractivity contribution in [3.63, 3.8) is 0 Å². The van der Waals surface area contributed by atoms with Crippen molar-refractivity contribution in [1.82, 2.24) is 26.2 Å². The first-order chi connectivity index (χ1) is 22.0. The van der Waals surface area contributed by atoms with Crippen molar-refractivity contribution in [2.45, 2.75) is 77.5 Å². The summed E-state index contributed by atoms with van der Waals surface area (Å²) in [6, 6.07) is 15.7. The fourth-order valence-electron chi connectivity index (χ4n) is 4.81. The predicted molar refractivity (Wildman–Crippen MR) is 173 cm³/mol. The van der Waals surface area contributed by atoms with E-state index in [0.29, 0.717) is 76.0 Å². The summed E-state index contributed by atoms with van der Waals surface area (Å²) in [6.07, 6.45) is 2.66. The van der Waals surface area contributed by atoms with Crippen LogP contribution in [0.25, 0.3) is 0 Å². The second-order valence-electron chi connectivity index (χ2n) is 12.1. The molecule has 12 nitrogen and oxygen atoms in total. The number of carbonyl (C=O) groups is 5.